The van der Waals surface area contributed by atoms with Crippen molar-refractivity contribution in [1.82, 2.24) is 0 Å². The molecule has 0 radical (unpaired) electrons. The Morgan fingerprint density at radius 1 is 1.15 bits per heavy atom. The average molecular weight is 385 g/mol. The van der Waals surface area contributed by atoms with Gasteiger partial charge in [0.15, 0.2) is 15.8 Å². The number of carbonyl (C=O) groups is 2. The van der Waals surface area contributed by atoms with E-state index in [-0.39, 0.29) is 18.3 Å². The molecule has 0 spiro atoms. The van der Waals surface area contributed by atoms with E-state index in [1.54, 1.807) is 30.3 Å². The van der Waals surface area contributed by atoms with Crippen molar-refractivity contribution in [3.8, 4) is 11.5 Å². The van der Waals surface area contributed by atoms with Gasteiger partial charge in [0.2, 0.25) is 6.79 Å². The van der Waals surface area contributed by atoms with Crippen LogP contribution in [0.4, 0.5) is 5.69 Å². The third kappa shape index (κ3) is 2.93. The number of carboxylic acid groups (broad SMARTS) is 1. The summed E-state index contributed by atoms with van der Waals surface area (Å²) in [5, 5.41) is 8.98. The Balaban J connectivity index is 1.61. The molecule has 0 aromatic heterocycles. The number of fused-ring (bicyclic) bond motifs is 1. The molecule has 4 rings (SSSR count). The minimum atomic E-state index is -1.02. The molecule has 130 valence electrons. The largest absolute Gasteiger partial charge is 0.478 e. The summed E-state index contributed by atoms with van der Waals surface area (Å²) in [6.07, 6.45) is 1.74. The summed E-state index contributed by atoms with van der Waals surface area (Å²) >= 11 is 6.52. The third-order valence-electron chi connectivity index (χ3n) is 3.86. The Morgan fingerprint density at radius 2 is 1.88 bits per heavy atom. The van der Waals surface area contributed by atoms with Gasteiger partial charge in [-0.05, 0) is 48.0 Å². The van der Waals surface area contributed by atoms with Crippen LogP contribution in [0.5, 0.6) is 11.5 Å². The lowest BCUT2D eigenvalue weighted by atomic mass is 10.1. The van der Waals surface area contributed by atoms with Crippen LogP contribution in [0.15, 0.2) is 47.4 Å². The molecule has 26 heavy (non-hydrogen) atoms. The number of hydrogen-bond donors (Lipinski definition) is 1. The van der Waals surface area contributed by atoms with Crippen molar-refractivity contribution < 1.29 is 24.2 Å². The van der Waals surface area contributed by atoms with E-state index in [0.29, 0.717) is 26.4 Å². The smallest absolute Gasteiger partial charge is 0.335 e. The first kappa shape index (κ1) is 16.6. The van der Waals surface area contributed by atoms with E-state index in [1.807, 2.05) is 6.07 Å². The number of aromatic carboxylic acids is 1. The minimum Gasteiger partial charge on any atom is -0.478 e. The van der Waals surface area contributed by atoms with E-state index in [9.17, 15) is 9.59 Å². The number of thiocarbonyl (C=S) groups is 1. The number of rotatable bonds is 3. The zero-order valence-corrected chi connectivity index (χ0v) is 14.8. The van der Waals surface area contributed by atoms with Crippen LogP contribution in [0, 0.1) is 0 Å². The minimum absolute atomic E-state index is 0.148. The number of ether oxygens (including phenoxy) is 2. The van der Waals surface area contributed by atoms with Gasteiger partial charge in [-0.3, -0.25) is 9.69 Å². The molecule has 1 fully saturated rings. The summed E-state index contributed by atoms with van der Waals surface area (Å²) in [7, 11) is 0. The molecule has 8 heteroatoms. The molecule has 1 N–H and O–H groups in total. The third-order valence-corrected chi connectivity index (χ3v) is 5.16. The monoisotopic (exact) mass is 385 g/mol. The molecule has 1 saturated heterocycles. The Kier molecular flexibility index (Phi) is 4.14. The van der Waals surface area contributed by atoms with Crippen LogP contribution in [0.25, 0.3) is 6.08 Å². The van der Waals surface area contributed by atoms with Gasteiger partial charge in [-0.25, -0.2) is 4.79 Å². The van der Waals surface area contributed by atoms with E-state index in [0.717, 1.165) is 5.56 Å². The van der Waals surface area contributed by atoms with E-state index < -0.39 is 5.97 Å². The SMILES string of the molecule is O=C(O)c1ccc(N2C(=O)C(=Cc3ccc4c(c3)OCO4)SC2=S)cc1. The normalized spacial score (nSPS) is 17.2. The molecule has 2 aliphatic heterocycles. The molecule has 1 amide bonds. The second-order valence-electron chi connectivity index (χ2n) is 5.48. The van der Waals surface area contributed by atoms with Crippen molar-refractivity contribution in [3.63, 3.8) is 0 Å². The molecular weight excluding hydrogens is 374 g/mol. The molecule has 2 heterocycles. The Labute approximate surface area is 158 Å². The highest BCUT2D eigenvalue weighted by Crippen LogP contribution is 2.38. The number of anilines is 1. The Morgan fingerprint density at radius 3 is 2.62 bits per heavy atom. The summed E-state index contributed by atoms with van der Waals surface area (Å²) < 4.78 is 11.0. The average Bonchev–Trinajstić information content (AvgIpc) is 3.19. The van der Waals surface area contributed by atoms with Crippen LogP contribution in [-0.2, 0) is 4.79 Å². The van der Waals surface area contributed by atoms with Gasteiger partial charge in [0.1, 0.15) is 0 Å². The van der Waals surface area contributed by atoms with Gasteiger partial charge in [-0.1, -0.05) is 30.0 Å². The predicted octanol–water partition coefficient (Wildman–Crippen LogP) is 3.52. The predicted molar refractivity (Wildman–Crippen MR) is 102 cm³/mol. The van der Waals surface area contributed by atoms with Crippen molar-refractivity contribution in [2.75, 3.05) is 11.7 Å². The van der Waals surface area contributed by atoms with Gasteiger partial charge in [0.25, 0.3) is 5.91 Å². The van der Waals surface area contributed by atoms with Crippen LogP contribution in [0.1, 0.15) is 15.9 Å². The number of benzene rings is 2. The van der Waals surface area contributed by atoms with E-state index in [1.165, 1.54) is 28.8 Å². The fourth-order valence-corrected chi connectivity index (χ4v) is 3.90. The summed E-state index contributed by atoms with van der Waals surface area (Å²) in [4.78, 5) is 25.6. The van der Waals surface area contributed by atoms with Crippen molar-refractivity contribution in [2.45, 2.75) is 0 Å². The lowest BCUT2D eigenvalue weighted by Gasteiger charge is -2.14. The first-order valence-electron chi connectivity index (χ1n) is 7.54. The lowest BCUT2D eigenvalue weighted by Crippen LogP contribution is -2.27. The van der Waals surface area contributed by atoms with E-state index in [2.05, 4.69) is 0 Å². The van der Waals surface area contributed by atoms with Crippen LogP contribution < -0.4 is 14.4 Å². The van der Waals surface area contributed by atoms with Gasteiger partial charge in [-0.15, -0.1) is 0 Å². The number of carbonyl (C=O) groups excluding carboxylic acids is 1. The molecule has 0 atom stereocenters. The molecule has 2 aliphatic rings. The zero-order chi connectivity index (χ0) is 18.3. The lowest BCUT2D eigenvalue weighted by molar-refractivity contribution is -0.113. The molecular formula is C18H11NO5S2. The summed E-state index contributed by atoms with van der Waals surface area (Å²) in [5.41, 5.74) is 1.48. The topological polar surface area (TPSA) is 76.1 Å². The van der Waals surface area contributed by atoms with Crippen LogP contribution in [-0.4, -0.2) is 28.1 Å². The summed E-state index contributed by atoms with van der Waals surface area (Å²) in [5.74, 6) is 0.0390. The zero-order valence-electron chi connectivity index (χ0n) is 13.2. The van der Waals surface area contributed by atoms with Crippen molar-refractivity contribution >= 4 is 51.9 Å². The second-order valence-corrected chi connectivity index (χ2v) is 7.16. The highest BCUT2D eigenvalue weighted by molar-refractivity contribution is 8.27. The van der Waals surface area contributed by atoms with Crippen LogP contribution in [0.3, 0.4) is 0 Å². The summed E-state index contributed by atoms with van der Waals surface area (Å²) in [6, 6.07) is 11.4. The molecule has 0 aliphatic carbocycles. The van der Waals surface area contributed by atoms with Gasteiger partial charge in [0, 0.05) is 0 Å². The number of carboxylic acids is 1. The first-order valence-corrected chi connectivity index (χ1v) is 8.76. The number of thioether (sulfide) groups is 1. The standard InChI is InChI=1S/C18H11NO5S2/c20-16-15(8-10-1-6-13-14(7-10)24-9-23-13)26-18(25)19(16)12-4-2-11(3-5-12)17(21)22/h1-8H,9H2,(H,21,22). The molecule has 6 nitrogen and oxygen atoms in total. The van der Waals surface area contributed by atoms with E-state index in [4.69, 9.17) is 26.8 Å². The fourth-order valence-electron chi connectivity index (χ4n) is 2.60. The maximum Gasteiger partial charge on any atom is 0.335 e. The highest BCUT2D eigenvalue weighted by atomic mass is 32.2. The second kappa shape index (κ2) is 6.47. The number of amides is 1. The maximum atomic E-state index is 12.8. The molecule has 2 aromatic rings. The fraction of sp³-hybridized carbons (Fsp3) is 0.0556. The number of nitrogens with zero attached hydrogens (tertiary/aromatic N) is 1. The molecule has 0 bridgehead atoms. The molecule has 2 aromatic carbocycles. The maximum absolute atomic E-state index is 12.8. The van der Waals surface area contributed by atoms with Gasteiger partial charge < -0.3 is 14.6 Å². The molecule has 0 saturated carbocycles. The summed E-state index contributed by atoms with van der Waals surface area (Å²) in [6.45, 7) is 0.188. The van der Waals surface area contributed by atoms with Gasteiger partial charge in [-0.2, -0.15) is 0 Å². The van der Waals surface area contributed by atoms with Crippen LogP contribution in [0.2, 0.25) is 0 Å². The van der Waals surface area contributed by atoms with Crippen molar-refractivity contribution in [2.24, 2.45) is 0 Å². The quantitative estimate of drug-likeness (QED) is 0.640. The van der Waals surface area contributed by atoms with E-state index >= 15 is 0 Å². The van der Waals surface area contributed by atoms with Gasteiger partial charge in [0.05, 0.1) is 16.2 Å². The first-order chi connectivity index (χ1) is 12.5. The highest BCUT2D eigenvalue weighted by Gasteiger charge is 2.33. The van der Waals surface area contributed by atoms with Crippen molar-refractivity contribution in [3.05, 3.63) is 58.5 Å². The Hall–Kier alpha value is -2.84. The molecule has 0 unspecified atom stereocenters. The van der Waals surface area contributed by atoms with Crippen LogP contribution >= 0.6 is 24.0 Å². The Bertz CT molecular complexity index is 968. The number of hydrogen-bond acceptors (Lipinski definition) is 6. The van der Waals surface area contributed by atoms with Crippen molar-refractivity contribution in [1.29, 1.82) is 0 Å². The van der Waals surface area contributed by atoms with Gasteiger partial charge >= 0.3 is 5.97 Å².